The van der Waals surface area contributed by atoms with Gasteiger partial charge in [0.05, 0.1) is 12.3 Å². The molecule has 0 unspecified atom stereocenters. The van der Waals surface area contributed by atoms with Crippen LogP contribution >= 0.6 is 0 Å². The molecule has 1 saturated carbocycles. The largest absolute Gasteiger partial charge is 0.493 e. The molecule has 1 aliphatic rings. The lowest BCUT2D eigenvalue weighted by molar-refractivity contribution is 0.296. The maximum absolute atomic E-state index is 6.05. The Balaban J connectivity index is 1.51. The van der Waals surface area contributed by atoms with Crippen molar-refractivity contribution in [2.24, 2.45) is 10.9 Å². The average Bonchev–Trinajstić information content (AvgIpc) is 3.44. The predicted molar refractivity (Wildman–Crippen MR) is 107 cm³/mol. The first-order chi connectivity index (χ1) is 13.1. The number of nitrogens with zero attached hydrogens (tertiary/aromatic N) is 2. The molecule has 27 heavy (non-hydrogen) atoms. The van der Waals surface area contributed by atoms with Crippen molar-refractivity contribution in [3.05, 3.63) is 46.3 Å². The summed E-state index contributed by atoms with van der Waals surface area (Å²) in [6.07, 6.45) is 3.43. The topological polar surface area (TPSA) is 71.7 Å². The lowest BCUT2D eigenvalue weighted by atomic mass is 10.1. The zero-order valence-electron chi connectivity index (χ0n) is 16.8. The van der Waals surface area contributed by atoms with Gasteiger partial charge in [0.2, 0.25) is 0 Å². The van der Waals surface area contributed by atoms with Crippen molar-refractivity contribution in [3.63, 3.8) is 0 Å². The van der Waals surface area contributed by atoms with Gasteiger partial charge in [0.15, 0.2) is 5.96 Å². The Hall–Kier alpha value is -2.50. The highest BCUT2D eigenvalue weighted by molar-refractivity contribution is 5.79. The van der Waals surface area contributed by atoms with E-state index in [9.17, 15) is 0 Å². The van der Waals surface area contributed by atoms with Crippen LogP contribution in [-0.4, -0.2) is 31.3 Å². The molecule has 1 aromatic carbocycles. The number of ether oxygens (including phenoxy) is 1. The van der Waals surface area contributed by atoms with Crippen LogP contribution in [0.15, 0.2) is 27.7 Å². The first kappa shape index (κ1) is 19.3. The zero-order chi connectivity index (χ0) is 19.2. The predicted octanol–water partition coefficient (Wildman–Crippen LogP) is 3.30. The third-order valence-corrected chi connectivity index (χ3v) is 4.91. The van der Waals surface area contributed by atoms with E-state index >= 15 is 0 Å². The van der Waals surface area contributed by atoms with Crippen LogP contribution < -0.4 is 15.4 Å². The van der Waals surface area contributed by atoms with Gasteiger partial charge < -0.3 is 19.9 Å². The van der Waals surface area contributed by atoms with Crippen LogP contribution in [-0.2, 0) is 13.0 Å². The number of benzene rings is 1. The fourth-order valence-corrected chi connectivity index (χ4v) is 3.00. The van der Waals surface area contributed by atoms with E-state index in [0.717, 1.165) is 59.8 Å². The number of hydrogen-bond donors (Lipinski definition) is 2. The van der Waals surface area contributed by atoms with Crippen LogP contribution in [0.3, 0.4) is 0 Å². The van der Waals surface area contributed by atoms with Crippen molar-refractivity contribution in [1.29, 1.82) is 0 Å². The molecule has 0 radical (unpaired) electrons. The number of aliphatic imine (C=N–C) groups is 1. The van der Waals surface area contributed by atoms with Gasteiger partial charge in [0.1, 0.15) is 11.5 Å². The average molecular weight is 370 g/mol. The summed E-state index contributed by atoms with van der Waals surface area (Å²) in [5, 5.41) is 10.7. The minimum atomic E-state index is 0.672. The normalized spacial score (nSPS) is 14.3. The molecular formula is C21H30N4O2. The zero-order valence-corrected chi connectivity index (χ0v) is 16.8. The SMILES string of the molecule is CN=C(NCCc1c(C)noc1C)NCc1ccc(C)cc1OCC1CC1. The highest BCUT2D eigenvalue weighted by Gasteiger charge is 2.22. The van der Waals surface area contributed by atoms with Gasteiger partial charge in [-0.15, -0.1) is 0 Å². The first-order valence-electron chi connectivity index (χ1n) is 9.65. The Labute approximate surface area is 161 Å². The third-order valence-electron chi connectivity index (χ3n) is 4.91. The second kappa shape index (κ2) is 8.93. The Morgan fingerprint density at radius 2 is 2.07 bits per heavy atom. The van der Waals surface area contributed by atoms with E-state index in [-0.39, 0.29) is 0 Å². The third kappa shape index (κ3) is 5.49. The Morgan fingerprint density at radius 1 is 1.26 bits per heavy atom. The van der Waals surface area contributed by atoms with E-state index in [2.05, 4.69) is 45.9 Å². The van der Waals surface area contributed by atoms with Crippen LogP contribution in [0.5, 0.6) is 5.75 Å². The molecule has 2 N–H and O–H groups in total. The molecule has 1 heterocycles. The summed E-state index contributed by atoms with van der Waals surface area (Å²) < 4.78 is 11.3. The summed E-state index contributed by atoms with van der Waals surface area (Å²) in [7, 11) is 1.78. The van der Waals surface area contributed by atoms with Crippen molar-refractivity contribution in [2.45, 2.75) is 46.6 Å². The maximum Gasteiger partial charge on any atom is 0.191 e. The van der Waals surface area contributed by atoms with Gasteiger partial charge >= 0.3 is 0 Å². The van der Waals surface area contributed by atoms with Gasteiger partial charge in [0.25, 0.3) is 0 Å². The summed E-state index contributed by atoms with van der Waals surface area (Å²) >= 11 is 0. The Kier molecular flexibility index (Phi) is 6.37. The molecular weight excluding hydrogens is 340 g/mol. The molecule has 0 spiro atoms. The van der Waals surface area contributed by atoms with Crippen LogP contribution in [0, 0.1) is 26.7 Å². The minimum absolute atomic E-state index is 0.672. The second-order valence-electron chi connectivity index (χ2n) is 7.27. The summed E-state index contributed by atoms with van der Waals surface area (Å²) in [5.41, 5.74) is 4.48. The molecule has 1 aromatic heterocycles. The molecule has 0 bridgehead atoms. The van der Waals surface area contributed by atoms with Crippen LogP contribution in [0.2, 0.25) is 0 Å². The quantitative estimate of drug-likeness (QED) is 0.551. The van der Waals surface area contributed by atoms with Crippen molar-refractivity contribution >= 4 is 5.96 Å². The van der Waals surface area contributed by atoms with E-state index in [1.807, 2.05) is 13.8 Å². The lowest BCUT2D eigenvalue weighted by Gasteiger charge is -2.15. The molecule has 146 valence electrons. The number of guanidine groups is 1. The van der Waals surface area contributed by atoms with Crippen molar-refractivity contribution in [2.75, 3.05) is 20.2 Å². The molecule has 0 aliphatic heterocycles. The highest BCUT2D eigenvalue weighted by Crippen LogP contribution is 2.30. The number of hydrogen-bond acceptors (Lipinski definition) is 4. The monoisotopic (exact) mass is 370 g/mol. The molecule has 0 atom stereocenters. The number of rotatable bonds is 8. The number of aromatic nitrogens is 1. The Morgan fingerprint density at radius 3 is 2.74 bits per heavy atom. The van der Waals surface area contributed by atoms with Crippen LogP contribution in [0.25, 0.3) is 0 Å². The van der Waals surface area contributed by atoms with Crippen molar-refractivity contribution < 1.29 is 9.26 Å². The van der Waals surface area contributed by atoms with Gasteiger partial charge in [-0.1, -0.05) is 17.3 Å². The van der Waals surface area contributed by atoms with E-state index in [0.29, 0.717) is 6.54 Å². The van der Waals surface area contributed by atoms with Crippen LogP contribution in [0.1, 0.15) is 41.0 Å². The van der Waals surface area contributed by atoms with E-state index in [1.54, 1.807) is 7.05 Å². The van der Waals surface area contributed by atoms with Crippen molar-refractivity contribution in [3.8, 4) is 5.75 Å². The molecule has 6 heteroatoms. The van der Waals surface area contributed by atoms with E-state index < -0.39 is 0 Å². The Bertz CT molecular complexity index is 774. The standard InChI is InChI=1S/C21H30N4O2/c1-14-5-8-18(20(11-14)26-13-17-6-7-17)12-24-21(22-4)23-10-9-19-15(2)25-27-16(19)3/h5,8,11,17H,6-7,9-10,12-13H2,1-4H3,(H2,22,23,24). The molecule has 3 rings (SSSR count). The molecule has 0 saturated heterocycles. The van der Waals surface area contributed by atoms with Crippen molar-refractivity contribution in [1.82, 2.24) is 15.8 Å². The van der Waals surface area contributed by atoms with Crippen LogP contribution in [0.4, 0.5) is 0 Å². The number of aryl methyl sites for hydroxylation is 3. The highest BCUT2D eigenvalue weighted by atomic mass is 16.5. The van der Waals surface area contributed by atoms with E-state index in [1.165, 1.54) is 18.4 Å². The fraction of sp³-hybridized carbons (Fsp3) is 0.524. The van der Waals surface area contributed by atoms with Gasteiger partial charge in [0, 0.05) is 31.3 Å². The fourth-order valence-electron chi connectivity index (χ4n) is 3.00. The summed E-state index contributed by atoms with van der Waals surface area (Å²) in [6.45, 7) is 8.27. The van der Waals surface area contributed by atoms with Gasteiger partial charge in [-0.3, -0.25) is 4.99 Å². The second-order valence-corrected chi connectivity index (χ2v) is 7.27. The minimum Gasteiger partial charge on any atom is -0.493 e. The van der Waals surface area contributed by atoms with Gasteiger partial charge in [-0.2, -0.15) is 0 Å². The van der Waals surface area contributed by atoms with Gasteiger partial charge in [-0.25, -0.2) is 0 Å². The molecule has 2 aromatic rings. The maximum atomic E-state index is 6.05. The first-order valence-corrected chi connectivity index (χ1v) is 9.65. The molecule has 1 fully saturated rings. The number of nitrogens with one attached hydrogen (secondary N) is 2. The summed E-state index contributed by atoms with van der Waals surface area (Å²) in [5.74, 6) is 3.37. The molecule has 6 nitrogen and oxygen atoms in total. The van der Waals surface area contributed by atoms with Gasteiger partial charge in [-0.05, 0) is 57.6 Å². The summed E-state index contributed by atoms with van der Waals surface area (Å²) in [6, 6.07) is 6.36. The summed E-state index contributed by atoms with van der Waals surface area (Å²) in [4.78, 5) is 4.31. The lowest BCUT2D eigenvalue weighted by Crippen LogP contribution is -2.38. The molecule has 0 amide bonds. The smallest absolute Gasteiger partial charge is 0.191 e. The van der Waals surface area contributed by atoms with E-state index in [4.69, 9.17) is 9.26 Å². The molecule has 1 aliphatic carbocycles.